The van der Waals surface area contributed by atoms with Crippen molar-refractivity contribution in [2.75, 3.05) is 19.1 Å². The van der Waals surface area contributed by atoms with Crippen LogP contribution in [0.2, 0.25) is 0 Å². The molecule has 0 aliphatic heterocycles. The molecule has 0 amide bonds. The first-order valence-electron chi connectivity index (χ1n) is 8.41. The minimum absolute atomic E-state index is 0.375. The summed E-state index contributed by atoms with van der Waals surface area (Å²) in [5.74, 6) is 1.92. The molecule has 0 spiro atoms. The lowest BCUT2D eigenvalue weighted by Crippen LogP contribution is -2.23. The zero-order valence-electron chi connectivity index (χ0n) is 15.2. The molecule has 4 nitrogen and oxygen atoms in total. The third-order valence-electron chi connectivity index (χ3n) is 4.15. The maximum atomic E-state index is 13.5. The molecular weight excluding hydrogens is 411 g/mol. The van der Waals surface area contributed by atoms with Gasteiger partial charge < -0.3 is 14.4 Å². The van der Waals surface area contributed by atoms with Gasteiger partial charge in [0.1, 0.15) is 23.1 Å². The SMILES string of the molecule is COc1ccc(CN(Cc2ccc(OC)cc2)c2ncc(F)cc2Br)cc1. The highest BCUT2D eigenvalue weighted by Crippen LogP contribution is 2.28. The molecule has 140 valence electrons. The minimum atomic E-state index is -0.375. The number of hydrogen-bond donors (Lipinski definition) is 0. The molecule has 0 fully saturated rings. The molecule has 1 heterocycles. The molecule has 0 bridgehead atoms. The average Bonchev–Trinajstić information content (AvgIpc) is 2.69. The summed E-state index contributed by atoms with van der Waals surface area (Å²) in [7, 11) is 3.29. The van der Waals surface area contributed by atoms with Crippen LogP contribution in [0.25, 0.3) is 0 Å². The van der Waals surface area contributed by atoms with E-state index in [0.717, 1.165) is 22.6 Å². The molecule has 0 atom stereocenters. The van der Waals surface area contributed by atoms with Gasteiger partial charge in [-0.05, 0) is 57.4 Å². The first-order chi connectivity index (χ1) is 13.1. The molecule has 1 aromatic heterocycles. The number of halogens is 2. The summed E-state index contributed by atoms with van der Waals surface area (Å²) >= 11 is 3.44. The van der Waals surface area contributed by atoms with Crippen molar-refractivity contribution in [1.29, 1.82) is 0 Å². The van der Waals surface area contributed by atoms with Gasteiger partial charge in [-0.2, -0.15) is 0 Å². The maximum absolute atomic E-state index is 13.5. The lowest BCUT2D eigenvalue weighted by Gasteiger charge is -2.25. The van der Waals surface area contributed by atoms with Gasteiger partial charge in [-0.3, -0.25) is 0 Å². The number of aromatic nitrogens is 1. The fourth-order valence-electron chi connectivity index (χ4n) is 2.75. The van der Waals surface area contributed by atoms with Crippen molar-refractivity contribution in [3.63, 3.8) is 0 Å². The number of anilines is 1. The van der Waals surface area contributed by atoms with Crippen LogP contribution < -0.4 is 14.4 Å². The molecule has 3 aromatic rings. The summed E-state index contributed by atoms with van der Waals surface area (Å²) in [6.07, 6.45) is 1.23. The molecule has 27 heavy (non-hydrogen) atoms. The zero-order valence-corrected chi connectivity index (χ0v) is 16.7. The Morgan fingerprint density at radius 2 is 1.37 bits per heavy atom. The van der Waals surface area contributed by atoms with E-state index in [2.05, 4.69) is 25.8 Å². The van der Waals surface area contributed by atoms with E-state index in [0.29, 0.717) is 23.4 Å². The van der Waals surface area contributed by atoms with Crippen LogP contribution in [0.15, 0.2) is 65.3 Å². The van der Waals surface area contributed by atoms with Gasteiger partial charge in [0, 0.05) is 13.1 Å². The quantitative estimate of drug-likeness (QED) is 0.515. The van der Waals surface area contributed by atoms with E-state index in [1.54, 1.807) is 14.2 Å². The van der Waals surface area contributed by atoms with Gasteiger partial charge in [-0.25, -0.2) is 9.37 Å². The van der Waals surface area contributed by atoms with Gasteiger partial charge in [0.2, 0.25) is 0 Å². The summed E-state index contributed by atoms with van der Waals surface area (Å²) < 4.78 is 24.6. The van der Waals surface area contributed by atoms with E-state index in [-0.39, 0.29) is 5.82 Å². The van der Waals surface area contributed by atoms with Crippen molar-refractivity contribution < 1.29 is 13.9 Å². The summed E-state index contributed by atoms with van der Waals surface area (Å²) in [4.78, 5) is 6.38. The maximum Gasteiger partial charge on any atom is 0.143 e. The first kappa shape index (κ1) is 19.2. The van der Waals surface area contributed by atoms with E-state index in [1.807, 2.05) is 48.5 Å². The molecule has 6 heteroatoms. The monoisotopic (exact) mass is 430 g/mol. The summed E-state index contributed by atoms with van der Waals surface area (Å²) in [5.41, 5.74) is 2.20. The predicted octanol–water partition coefficient (Wildman–Crippen LogP) is 5.21. The van der Waals surface area contributed by atoms with Crippen LogP contribution in [0.5, 0.6) is 11.5 Å². The molecule has 0 unspecified atom stereocenters. The standard InChI is InChI=1S/C21H20BrFN2O2/c1-26-18-7-3-15(4-8-18)13-25(21-20(22)11-17(23)12-24-21)14-16-5-9-19(27-2)10-6-16/h3-12H,13-14H2,1-2H3. The van der Waals surface area contributed by atoms with Crippen LogP contribution >= 0.6 is 15.9 Å². The highest BCUT2D eigenvalue weighted by molar-refractivity contribution is 9.10. The van der Waals surface area contributed by atoms with Crippen LogP contribution in [-0.4, -0.2) is 19.2 Å². The smallest absolute Gasteiger partial charge is 0.143 e. The Kier molecular flexibility index (Phi) is 6.29. The van der Waals surface area contributed by atoms with Crippen molar-refractivity contribution in [2.45, 2.75) is 13.1 Å². The van der Waals surface area contributed by atoms with Crippen molar-refractivity contribution >= 4 is 21.7 Å². The Balaban J connectivity index is 1.89. The van der Waals surface area contributed by atoms with Crippen LogP contribution in [-0.2, 0) is 13.1 Å². The van der Waals surface area contributed by atoms with Gasteiger partial charge >= 0.3 is 0 Å². The summed E-state index contributed by atoms with van der Waals surface area (Å²) in [5, 5.41) is 0. The van der Waals surface area contributed by atoms with Crippen molar-refractivity contribution in [3.05, 3.63) is 82.2 Å². The molecule has 0 aliphatic carbocycles. The zero-order chi connectivity index (χ0) is 19.2. The second kappa shape index (κ2) is 8.86. The Morgan fingerprint density at radius 1 is 0.889 bits per heavy atom. The van der Waals surface area contributed by atoms with E-state index < -0.39 is 0 Å². The lowest BCUT2D eigenvalue weighted by molar-refractivity contribution is 0.414. The summed E-state index contributed by atoms with van der Waals surface area (Å²) in [6, 6.07) is 17.2. The number of nitrogens with zero attached hydrogens (tertiary/aromatic N) is 2. The second-order valence-corrected chi connectivity index (χ2v) is 6.87. The molecule has 2 aromatic carbocycles. The van der Waals surface area contributed by atoms with Crippen LogP contribution in [0.1, 0.15) is 11.1 Å². The number of benzene rings is 2. The number of rotatable bonds is 7. The van der Waals surface area contributed by atoms with Crippen LogP contribution in [0.4, 0.5) is 10.2 Å². The number of ether oxygens (including phenoxy) is 2. The predicted molar refractivity (Wildman–Crippen MR) is 108 cm³/mol. The van der Waals surface area contributed by atoms with Crippen molar-refractivity contribution in [2.24, 2.45) is 0 Å². The lowest BCUT2D eigenvalue weighted by atomic mass is 10.1. The average molecular weight is 431 g/mol. The van der Waals surface area contributed by atoms with E-state index in [1.165, 1.54) is 12.3 Å². The Hall–Kier alpha value is -2.60. The number of hydrogen-bond acceptors (Lipinski definition) is 4. The van der Waals surface area contributed by atoms with Crippen molar-refractivity contribution in [1.82, 2.24) is 4.98 Å². The molecular formula is C21H20BrFN2O2. The third kappa shape index (κ3) is 4.98. The van der Waals surface area contributed by atoms with Crippen LogP contribution in [0, 0.1) is 5.82 Å². The topological polar surface area (TPSA) is 34.6 Å². The minimum Gasteiger partial charge on any atom is -0.497 e. The second-order valence-electron chi connectivity index (χ2n) is 6.01. The summed E-state index contributed by atoms with van der Waals surface area (Å²) in [6.45, 7) is 1.24. The Bertz CT molecular complexity index is 836. The van der Waals surface area contributed by atoms with Crippen molar-refractivity contribution in [3.8, 4) is 11.5 Å². The van der Waals surface area contributed by atoms with E-state index >= 15 is 0 Å². The van der Waals surface area contributed by atoms with Gasteiger partial charge in [-0.15, -0.1) is 0 Å². The Morgan fingerprint density at radius 3 is 1.78 bits per heavy atom. The molecule has 0 N–H and O–H groups in total. The third-order valence-corrected chi connectivity index (χ3v) is 4.74. The molecule has 0 saturated carbocycles. The van der Waals surface area contributed by atoms with Crippen LogP contribution in [0.3, 0.4) is 0 Å². The molecule has 0 aliphatic rings. The molecule has 3 rings (SSSR count). The van der Waals surface area contributed by atoms with Gasteiger partial charge in [0.25, 0.3) is 0 Å². The number of pyridine rings is 1. The normalized spacial score (nSPS) is 10.5. The van der Waals surface area contributed by atoms with E-state index in [9.17, 15) is 4.39 Å². The van der Waals surface area contributed by atoms with Gasteiger partial charge in [0.05, 0.1) is 24.9 Å². The first-order valence-corrected chi connectivity index (χ1v) is 9.20. The Labute approximate surface area is 166 Å². The molecule has 0 radical (unpaired) electrons. The van der Waals surface area contributed by atoms with E-state index in [4.69, 9.17) is 9.47 Å². The van der Waals surface area contributed by atoms with Gasteiger partial charge in [0.15, 0.2) is 0 Å². The fourth-order valence-corrected chi connectivity index (χ4v) is 3.32. The highest BCUT2D eigenvalue weighted by atomic mass is 79.9. The number of methoxy groups -OCH3 is 2. The largest absolute Gasteiger partial charge is 0.497 e. The highest BCUT2D eigenvalue weighted by Gasteiger charge is 2.14. The fraction of sp³-hybridized carbons (Fsp3) is 0.190. The molecule has 0 saturated heterocycles. The van der Waals surface area contributed by atoms with Gasteiger partial charge in [-0.1, -0.05) is 24.3 Å².